The van der Waals surface area contributed by atoms with Crippen LogP contribution in [0.25, 0.3) is 0 Å². The average Bonchev–Trinajstić information content (AvgIpc) is 2.20. The van der Waals surface area contributed by atoms with Crippen LogP contribution in [-0.4, -0.2) is 25.3 Å². The number of hydrogen-bond donors (Lipinski definition) is 1. The summed E-state index contributed by atoms with van der Waals surface area (Å²) in [6, 6.07) is 0.637. The Hall–Kier alpha value is -0.0800. The molecule has 0 bridgehead atoms. The van der Waals surface area contributed by atoms with E-state index >= 15 is 0 Å². The van der Waals surface area contributed by atoms with Crippen molar-refractivity contribution in [1.82, 2.24) is 5.32 Å². The molecule has 2 unspecified atom stereocenters. The fraction of sp³-hybridized carbons (Fsp3) is 1.00. The van der Waals surface area contributed by atoms with Gasteiger partial charge in [-0.05, 0) is 31.2 Å². The second kappa shape index (κ2) is 6.19. The van der Waals surface area contributed by atoms with Crippen molar-refractivity contribution in [2.75, 3.05) is 13.2 Å². The maximum absolute atomic E-state index is 5.97. The van der Waals surface area contributed by atoms with Crippen molar-refractivity contribution >= 4 is 0 Å². The molecule has 17 heavy (non-hydrogen) atoms. The highest BCUT2D eigenvalue weighted by Crippen LogP contribution is 2.42. The molecule has 0 amide bonds. The number of nitrogens with one attached hydrogen (secondary N) is 1. The van der Waals surface area contributed by atoms with Crippen LogP contribution < -0.4 is 5.32 Å². The summed E-state index contributed by atoms with van der Waals surface area (Å²) in [6.07, 6.45) is 2.89. The first-order valence-corrected chi connectivity index (χ1v) is 7.19. The summed E-state index contributed by atoms with van der Waals surface area (Å²) in [4.78, 5) is 0. The third kappa shape index (κ3) is 4.26. The van der Waals surface area contributed by atoms with E-state index in [-0.39, 0.29) is 0 Å². The Labute approximate surface area is 108 Å². The summed E-state index contributed by atoms with van der Waals surface area (Å²) in [5.41, 5.74) is 0.297. The van der Waals surface area contributed by atoms with Gasteiger partial charge in [-0.2, -0.15) is 0 Å². The predicted molar refractivity (Wildman–Crippen MR) is 74.2 cm³/mol. The van der Waals surface area contributed by atoms with Gasteiger partial charge in [0.05, 0.1) is 6.10 Å². The summed E-state index contributed by atoms with van der Waals surface area (Å²) in [7, 11) is 0. The van der Waals surface area contributed by atoms with Crippen LogP contribution in [0.2, 0.25) is 0 Å². The molecule has 1 rings (SSSR count). The fourth-order valence-corrected chi connectivity index (χ4v) is 2.37. The van der Waals surface area contributed by atoms with E-state index in [1.165, 1.54) is 12.8 Å². The van der Waals surface area contributed by atoms with E-state index in [0.717, 1.165) is 19.1 Å². The Bertz CT molecular complexity index is 223. The molecule has 1 aliphatic rings. The van der Waals surface area contributed by atoms with Crippen molar-refractivity contribution in [2.45, 2.75) is 66.5 Å². The van der Waals surface area contributed by atoms with Crippen LogP contribution in [-0.2, 0) is 4.74 Å². The molecule has 0 aliphatic heterocycles. The summed E-state index contributed by atoms with van der Waals surface area (Å²) < 4.78 is 5.97. The van der Waals surface area contributed by atoms with Crippen LogP contribution in [0.15, 0.2) is 0 Å². The second-order valence-corrected chi connectivity index (χ2v) is 6.96. The Morgan fingerprint density at radius 2 is 1.82 bits per heavy atom. The van der Waals surface area contributed by atoms with Gasteiger partial charge in [-0.3, -0.25) is 0 Å². The molecule has 0 spiro atoms. The molecule has 1 saturated carbocycles. The second-order valence-electron chi connectivity index (χ2n) is 6.96. The Balaban J connectivity index is 2.23. The van der Waals surface area contributed by atoms with E-state index in [4.69, 9.17) is 4.74 Å². The third-order valence-electron chi connectivity index (χ3n) is 3.92. The first-order valence-electron chi connectivity index (χ1n) is 7.19. The van der Waals surface area contributed by atoms with E-state index in [0.29, 0.717) is 23.5 Å². The molecule has 2 heteroatoms. The molecule has 0 aromatic heterocycles. The number of rotatable bonds is 7. The quantitative estimate of drug-likeness (QED) is 0.737. The van der Waals surface area contributed by atoms with Crippen LogP contribution >= 0.6 is 0 Å². The van der Waals surface area contributed by atoms with Crippen LogP contribution in [0, 0.1) is 17.3 Å². The van der Waals surface area contributed by atoms with E-state index in [1.54, 1.807) is 0 Å². The van der Waals surface area contributed by atoms with Crippen molar-refractivity contribution in [3.8, 4) is 0 Å². The SMILES string of the molecule is CC(C)CCNC1CC(OCC(C)C)C1(C)C. The van der Waals surface area contributed by atoms with Crippen LogP contribution in [0.3, 0.4) is 0 Å². The van der Waals surface area contributed by atoms with Crippen molar-refractivity contribution in [1.29, 1.82) is 0 Å². The molecule has 0 aromatic rings. The molecule has 1 N–H and O–H groups in total. The first kappa shape index (κ1) is 15.0. The van der Waals surface area contributed by atoms with Crippen LogP contribution in [0.5, 0.6) is 0 Å². The van der Waals surface area contributed by atoms with E-state index in [9.17, 15) is 0 Å². The van der Waals surface area contributed by atoms with Crippen LogP contribution in [0.4, 0.5) is 0 Å². The molecule has 0 radical (unpaired) electrons. The van der Waals surface area contributed by atoms with E-state index in [2.05, 4.69) is 46.9 Å². The molecule has 0 heterocycles. The molecular weight excluding hydrogens is 210 g/mol. The van der Waals surface area contributed by atoms with Gasteiger partial charge in [-0.1, -0.05) is 41.5 Å². The molecule has 1 aliphatic carbocycles. The lowest BCUT2D eigenvalue weighted by molar-refractivity contribution is -0.123. The van der Waals surface area contributed by atoms with Gasteiger partial charge in [0, 0.05) is 18.1 Å². The van der Waals surface area contributed by atoms with E-state index < -0.39 is 0 Å². The predicted octanol–water partition coefficient (Wildman–Crippen LogP) is 3.46. The summed E-state index contributed by atoms with van der Waals surface area (Å²) >= 11 is 0. The highest BCUT2D eigenvalue weighted by Gasteiger charge is 2.48. The van der Waals surface area contributed by atoms with Crippen molar-refractivity contribution in [2.24, 2.45) is 17.3 Å². The Kier molecular flexibility index (Phi) is 5.46. The highest BCUT2D eigenvalue weighted by molar-refractivity contribution is 5.02. The van der Waals surface area contributed by atoms with Crippen LogP contribution in [0.1, 0.15) is 54.4 Å². The Morgan fingerprint density at radius 3 is 2.29 bits per heavy atom. The molecule has 0 saturated heterocycles. The summed E-state index contributed by atoms with van der Waals surface area (Å²) in [5, 5.41) is 3.68. The zero-order valence-electron chi connectivity index (χ0n) is 12.5. The molecule has 2 nitrogen and oxygen atoms in total. The standard InChI is InChI=1S/C15H31NO/c1-11(2)7-8-16-13-9-14(15(13,5)6)17-10-12(3)4/h11-14,16H,7-10H2,1-6H3. The minimum Gasteiger partial charge on any atom is -0.377 e. The number of hydrogen-bond acceptors (Lipinski definition) is 2. The normalized spacial score (nSPS) is 27.5. The minimum absolute atomic E-state index is 0.297. The maximum atomic E-state index is 5.97. The zero-order valence-corrected chi connectivity index (χ0v) is 12.5. The highest BCUT2D eigenvalue weighted by atomic mass is 16.5. The molecule has 2 atom stereocenters. The number of ether oxygens (including phenoxy) is 1. The minimum atomic E-state index is 0.297. The zero-order chi connectivity index (χ0) is 13.1. The summed E-state index contributed by atoms with van der Waals surface area (Å²) in [5.74, 6) is 1.43. The van der Waals surface area contributed by atoms with Gasteiger partial charge in [-0.25, -0.2) is 0 Å². The van der Waals surface area contributed by atoms with Crippen molar-refractivity contribution in [3.05, 3.63) is 0 Å². The largest absolute Gasteiger partial charge is 0.377 e. The summed E-state index contributed by atoms with van der Waals surface area (Å²) in [6.45, 7) is 15.7. The first-order chi connectivity index (χ1) is 7.84. The van der Waals surface area contributed by atoms with Gasteiger partial charge in [0.25, 0.3) is 0 Å². The molecule has 1 fully saturated rings. The van der Waals surface area contributed by atoms with Crippen molar-refractivity contribution in [3.63, 3.8) is 0 Å². The third-order valence-corrected chi connectivity index (χ3v) is 3.92. The molecule has 102 valence electrons. The lowest BCUT2D eigenvalue weighted by Crippen LogP contribution is -2.61. The van der Waals surface area contributed by atoms with Gasteiger partial charge in [0.2, 0.25) is 0 Å². The monoisotopic (exact) mass is 241 g/mol. The van der Waals surface area contributed by atoms with Crippen molar-refractivity contribution < 1.29 is 4.74 Å². The van der Waals surface area contributed by atoms with Gasteiger partial charge in [0.1, 0.15) is 0 Å². The lowest BCUT2D eigenvalue weighted by Gasteiger charge is -2.52. The lowest BCUT2D eigenvalue weighted by atomic mass is 9.64. The van der Waals surface area contributed by atoms with E-state index in [1.807, 2.05) is 0 Å². The van der Waals surface area contributed by atoms with Gasteiger partial charge >= 0.3 is 0 Å². The smallest absolute Gasteiger partial charge is 0.0656 e. The van der Waals surface area contributed by atoms with Gasteiger partial charge < -0.3 is 10.1 Å². The maximum Gasteiger partial charge on any atom is 0.0656 e. The molecular formula is C15H31NO. The average molecular weight is 241 g/mol. The van der Waals surface area contributed by atoms with Gasteiger partial charge in [-0.15, -0.1) is 0 Å². The molecule has 0 aromatic carbocycles. The Morgan fingerprint density at radius 1 is 1.18 bits per heavy atom. The fourth-order valence-electron chi connectivity index (χ4n) is 2.37. The topological polar surface area (TPSA) is 21.3 Å². The van der Waals surface area contributed by atoms with Gasteiger partial charge in [0.15, 0.2) is 0 Å².